The Balaban J connectivity index is 1.92. The molecule has 1 atom stereocenters. The second kappa shape index (κ2) is 7.55. The minimum atomic E-state index is -0.405. The molecule has 3 rings (SSSR count). The lowest BCUT2D eigenvalue weighted by Gasteiger charge is -2.51. The van der Waals surface area contributed by atoms with Crippen LogP contribution in [0.4, 0.5) is 0 Å². The lowest BCUT2D eigenvalue weighted by atomic mass is 9.89. The Kier molecular flexibility index (Phi) is 5.47. The van der Waals surface area contributed by atoms with Crippen LogP contribution in [0.1, 0.15) is 37.7 Å². The van der Waals surface area contributed by atoms with Gasteiger partial charge < -0.3 is 14.8 Å². The van der Waals surface area contributed by atoms with Crippen LogP contribution in [0.2, 0.25) is 0 Å². The van der Waals surface area contributed by atoms with Crippen molar-refractivity contribution in [2.75, 3.05) is 33.5 Å². The first kappa shape index (κ1) is 15.9. The zero-order chi connectivity index (χ0) is 15.3. The van der Waals surface area contributed by atoms with Gasteiger partial charge >= 0.3 is 0 Å². The molecule has 0 radical (unpaired) electrons. The van der Waals surface area contributed by atoms with Crippen LogP contribution in [0.3, 0.4) is 0 Å². The Morgan fingerprint density at radius 3 is 2.68 bits per heavy atom. The van der Waals surface area contributed by atoms with Crippen LogP contribution in [0.5, 0.6) is 0 Å². The Bertz CT molecular complexity index is 448. The summed E-state index contributed by atoms with van der Waals surface area (Å²) in [6.45, 7) is 3.20. The van der Waals surface area contributed by atoms with Gasteiger partial charge in [-0.2, -0.15) is 0 Å². The van der Waals surface area contributed by atoms with E-state index in [-0.39, 0.29) is 0 Å². The van der Waals surface area contributed by atoms with E-state index < -0.39 is 5.72 Å². The molecule has 1 N–H and O–H groups in total. The molecule has 1 aliphatic heterocycles. The average Bonchev–Trinajstić information content (AvgIpc) is 2.61. The highest BCUT2D eigenvalue weighted by Gasteiger charge is 2.45. The predicted molar refractivity (Wildman–Crippen MR) is 87.5 cm³/mol. The number of ether oxygens (including phenoxy) is 2. The van der Waals surface area contributed by atoms with E-state index in [2.05, 4.69) is 40.5 Å². The zero-order valence-corrected chi connectivity index (χ0v) is 13.6. The molecular formula is C18H28N2O2. The average molecular weight is 304 g/mol. The van der Waals surface area contributed by atoms with E-state index in [1.54, 1.807) is 7.11 Å². The van der Waals surface area contributed by atoms with Gasteiger partial charge in [-0.1, -0.05) is 49.6 Å². The summed E-state index contributed by atoms with van der Waals surface area (Å²) in [6, 6.07) is 11.2. The van der Waals surface area contributed by atoms with E-state index in [1.807, 2.05) is 0 Å². The van der Waals surface area contributed by atoms with Crippen molar-refractivity contribution in [3.8, 4) is 0 Å². The van der Waals surface area contributed by atoms with E-state index in [9.17, 15) is 0 Å². The van der Waals surface area contributed by atoms with Gasteiger partial charge in [0, 0.05) is 38.3 Å². The van der Waals surface area contributed by atoms with Gasteiger partial charge in [-0.05, 0) is 12.8 Å². The zero-order valence-electron chi connectivity index (χ0n) is 13.6. The first-order chi connectivity index (χ1) is 10.9. The highest BCUT2D eigenvalue weighted by Crippen LogP contribution is 2.37. The molecule has 22 heavy (non-hydrogen) atoms. The molecule has 1 saturated carbocycles. The number of piperazine rings is 1. The fourth-order valence-corrected chi connectivity index (χ4v) is 3.95. The van der Waals surface area contributed by atoms with E-state index in [1.165, 1.54) is 37.7 Å². The fraction of sp³-hybridized carbons (Fsp3) is 0.667. The largest absolute Gasteiger partial charge is 0.359 e. The summed E-state index contributed by atoms with van der Waals surface area (Å²) >= 11 is 0. The number of benzene rings is 1. The number of methoxy groups -OCH3 is 1. The summed E-state index contributed by atoms with van der Waals surface area (Å²) in [5.41, 5.74) is 0.821. The normalized spacial score (nSPS) is 27.9. The summed E-state index contributed by atoms with van der Waals surface area (Å²) in [5.74, 6) is 0. The van der Waals surface area contributed by atoms with Gasteiger partial charge in [-0.3, -0.25) is 4.90 Å². The van der Waals surface area contributed by atoms with Gasteiger partial charge in [0.1, 0.15) is 6.79 Å². The monoisotopic (exact) mass is 304 g/mol. The maximum atomic E-state index is 6.31. The quantitative estimate of drug-likeness (QED) is 0.848. The third kappa shape index (κ3) is 3.20. The smallest absolute Gasteiger partial charge is 0.163 e. The molecule has 1 aliphatic carbocycles. The molecular weight excluding hydrogens is 276 g/mol. The van der Waals surface area contributed by atoms with Crippen LogP contribution in [-0.4, -0.2) is 44.5 Å². The van der Waals surface area contributed by atoms with Crippen molar-refractivity contribution in [3.63, 3.8) is 0 Å². The second-order valence-corrected chi connectivity index (χ2v) is 6.36. The number of nitrogens with zero attached hydrogens (tertiary/aromatic N) is 1. The van der Waals surface area contributed by atoms with Crippen molar-refractivity contribution in [2.24, 2.45) is 0 Å². The van der Waals surface area contributed by atoms with Crippen LogP contribution in [-0.2, 0) is 15.2 Å². The fourth-order valence-electron chi connectivity index (χ4n) is 3.95. The summed E-state index contributed by atoms with van der Waals surface area (Å²) < 4.78 is 11.6. The lowest BCUT2D eigenvalue weighted by molar-refractivity contribution is -0.231. The summed E-state index contributed by atoms with van der Waals surface area (Å²) in [7, 11) is 1.69. The van der Waals surface area contributed by atoms with Gasteiger partial charge in [0.15, 0.2) is 5.72 Å². The van der Waals surface area contributed by atoms with Crippen molar-refractivity contribution in [3.05, 3.63) is 35.9 Å². The number of nitrogens with one attached hydrogen (secondary N) is 1. The van der Waals surface area contributed by atoms with Crippen LogP contribution in [0.15, 0.2) is 30.3 Å². The Morgan fingerprint density at radius 1 is 1.18 bits per heavy atom. The van der Waals surface area contributed by atoms with Crippen molar-refractivity contribution in [2.45, 2.75) is 43.9 Å². The van der Waals surface area contributed by atoms with Gasteiger partial charge in [-0.25, -0.2) is 0 Å². The van der Waals surface area contributed by atoms with Crippen LogP contribution < -0.4 is 5.32 Å². The Labute approximate surface area is 133 Å². The van der Waals surface area contributed by atoms with Crippen molar-refractivity contribution in [1.29, 1.82) is 0 Å². The molecule has 1 aromatic rings. The Hall–Kier alpha value is -0.940. The van der Waals surface area contributed by atoms with E-state index in [0.717, 1.165) is 19.6 Å². The van der Waals surface area contributed by atoms with Crippen LogP contribution in [0.25, 0.3) is 0 Å². The molecule has 0 spiro atoms. The maximum absolute atomic E-state index is 6.31. The molecule has 0 bridgehead atoms. The van der Waals surface area contributed by atoms with Crippen molar-refractivity contribution in [1.82, 2.24) is 10.2 Å². The van der Waals surface area contributed by atoms with E-state index >= 15 is 0 Å². The highest BCUT2D eigenvalue weighted by atomic mass is 16.7. The molecule has 4 nitrogen and oxygen atoms in total. The molecule has 1 heterocycles. The highest BCUT2D eigenvalue weighted by molar-refractivity contribution is 5.24. The molecule has 2 fully saturated rings. The van der Waals surface area contributed by atoms with Crippen molar-refractivity contribution < 1.29 is 9.47 Å². The van der Waals surface area contributed by atoms with Gasteiger partial charge in [0.25, 0.3) is 0 Å². The van der Waals surface area contributed by atoms with Gasteiger partial charge in [0.05, 0.1) is 0 Å². The number of hydrogen-bond acceptors (Lipinski definition) is 4. The van der Waals surface area contributed by atoms with Crippen LogP contribution >= 0.6 is 0 Å². The molecule has 1 unspecified atom stereocenters. The first-order valence-corrected chi connectivity index (χ1v) is 8.53. The van der Waals surface area contributed by atoms with Gasteiger partial charge in [-0.15, -0.1) is 0 Å². The van der Waals surface area contributed by atoms with Crippen LogP contribution in [0, 0.1) is 0 Å². The third-order valence-electron chi connectivity index (χ3n) is 5.01. The lowest BCUT2D eigenvalue weighted by Crippen LogP contribution is -2.63. The summed E-state index contributed by atoms with van der Waals surface area (Å²) in [4.78, 5) is 2.59. The SMILES string of the molecule is COCOC1(c2ccccc2)CNCCN1C1CCCCC1. The summed E-state index contributed by atoms with van der Waals surface area (Å²) in [6.07, 6.45) is 6.61. The molecule has 122 valence electrons. The van der Waals surface area contributed by atoms with E-state index in [4.69, 9.17) is 9.47 Å². The van der Waals surface area contributed by atoms with Crippen molar-refractivity contribution >= 4 is 0 Å². The number of hydrogen-bond donors (Lipinski definition) is 1. The topological polar surface area (TPSA) is 33.7 Å². The third-order valence-corrected chi connectivity index (χ3v) is 5.01. The maximum Gasteiger partial charge on any atom is 0.163 e. The standard InChI is InChI=1S/C18H28N2O2/c1-21-15-22-18(16-8-4-2-5-9-16)14-19-12-13-20(18)17-10-6-3-7-11-17/h2,4-5,8-9,17,19H,3,6-7,10-15H2,1H3. The molecule has 1 aromatic carbocycles. The predicted octanol–water partition coefficient (Wildman–Crippen LogP) is 2.70. The molecule has 1 saturated heterocycles. The second-order valence-electron chi connectivity index (χ2n) is 6.36. The first-order valence-electron chi connectivity index (χ1n) is 8.53. The summed E-state index contributed by atoms with van der Waals surface area (Å²) in [5, 5.41) is 3.53. The van der Waals surface area contributed by atoms with Gasteiger partial charge in [0.2, 0.25) is 0 Å². The molecule has 0 amide bonds. The minimum absolute atomic E-state index is 0.319. The molecule has 0 aromatic heterocycles. The number of rotatable bonds is 5. The Morgan fingerprint density at radius 2 is 1.95 bits per heavy atom. The minimum Gasteiger partial charge on any atom is -0.359 e. The molecule has 4 heteroatoms. The molecule has 2 aliphatic rings. The van der Waals surface area contributed by atoms with E-state index in [0.29, 0.717) is 12.8 Å².